The van der Waals surface area contributed by atoms with Crippen molar-refractivity contribution in [2.75, 3.05) is 5.32 Å². The van der Waals surface area contributed by atoms with Crippen molar-refractivity contribution < 1.29 is 4.79 Å². The standard InChI is InChI=1S/C25H25N7O/c1-25(2)21-18(13-32(25)24(33)28-20-12-17(20)15-8-4-3-5-9-15)23(31-30-21)29-22-16-10-6-7-11-19(16)26-14-27-22/h3-11,14,17,20H,12-13H2,1-2H3,(H,28,33)(H2,26,27,29,30,31)/t17?,20-/m1/s1. The maximum absolute atomic E-state index is 13.2. The molecule has 0 saturated heterocycles. The third-order valence-electron chi connectivity index (χ3n) is 6.82. The number of para-hydroxylation sites is 1. The normalized spacial score (nSPS) is 20.5. The Bertz CT molecular complexity index is 1340. The number of carbonyl (C=O) groups is 1. The van der Waals surface area contributed by atoms with Gasteiger partial charge < -0.3 is 15.5 Å². The molecule has 1 unspecified atom stereocenters. The molecule has 1 fully saturated rings. The summed E-state index contributed by atoms with van der Waals surface area (Å²) in [5, 5.41) is 15.2. The number of aromatic amines is 1. The van der Waals surface area contributed by atoms with E-state index in [9.17, 15) is 4.79 Å². The van der Waals surface area contributed by atoms with Crippen LogP contribution in [0.3, 0.4) is 0 Å². The minimum absolute atomic E-state index is 0.0496. The number of anilines is 2. The van der Waals surface area contributed by atoms with Crippen molar-refractivity contribution in [2.24, 2.45) is 0 Å². The first-order valence-electron chi connectivity index (χ1n) is 11.2. The Morgan fingerprint density at radius 1 is 1.06 bits per heavy atom. The predicted molar refractivity (Wildman–Crippen MR) is 126 cm³/mol. The van der Waals surface area contributed by atoms with Gasteiger partial charge in [0.15, 0.2) is 5.82 Å². The second-order valence-corrected chi connectivity index (χ2v) is 9.24. The van der Waals surface area contributed by atoms with Crippen molar-refractivity contribution in [3.63, 3.8) is 0 Å². The number of nitrogens with zero attached hydrogens (tertiary/aromatic N) is 4. The molecule has 2 amide bonds. The van der Waals surface area contributed by atoms with Crippen molar-refractivity contribution >= 4 is 28.6 Å². The fraction of sp³-hybridized carbons (Fsp3) is 0.280. The number of urea groups is 1. The Morgan fingerprint density at radius 2 is 1.85 bits per heavy atom. The smallest absolute Gasteiger partial charge is 0.318 e. The number of benzene rings is 2. The summed E-state index contributed by atoms with van der Waals surface area (Å²) in [7, 11) is 0. The molecule has 1 aliphatic heterocycles. The molecule has 3 N–H and O–H groups in total. The van der Waals surface area contributed by atoms with Gasteiger partial charge in [0.25, 0.3) is 0 Å². The molecule has 0 spiro atoms. The number of rotatable bonds is 4. The summed E-state index contributed by atoms with van der Waals surface area (Å²) >= 11 is 0. The van der Waals surface area contributed by atoms with Crippen molar-refractivity contribution in [2.45, 2.75) is 44.3 Å². The Hall–Kier alpha value is -3.94. The van der Waals surface area contributed by atoms with Crippen LogP contribution in [0.2, 0.25) is 0 Å². The molecule has 0 bridgehead atoms. The number of H-pyrrole nitrogens is 1. The van der Waals surface area contributed by atoms with Crippen LogP contribution < -0.4 is 10.6 Å². The molecule has 0 radical (unpaired) electrons. The van der Waals surface area contributed by atoms with Crippen LogP contribution in [0.1, 0.15) is 43.0 Å². The van der Waals surface area contributed by atoms with E-state index in [1.807, 2.05) is 61.2 Å². The third-order valence-corrected chi connectivity index (χ3v) is 6.82. The number of hydrogen-bond donors (Lipinski definition) is 3. The lowest BCUT2D eigenvalue weighted by atomic mass is 10.0. The molecule has 3 heterocycles. The van der Waals surface area contributed by atoms with Gasteiger partial charge in [-0.3, -0.25) is 5.10 Å². The van der Waals surface area contributed by atoms with Gasteiger partial charge in [-0.2, -0.15) is 5.10 Å². The van der Waals surface area contributed by atoms with Gasteiger partial charge in [0.2, 0.25) is 0 Å². The van der Waals surface area contributed by atoms with Crippen LogP contribution in [0.15, 0.2) is 60.9 Å². The first-order chi connectivity index (χ1) is 16.0. The second-order valence-electron chi connectivity index (χ2n) is 9.24. The maximum Gasteiger partial charge on any atom is 0.318 e. The molecular weight excluding hydrogens is 414 g/mol. The van der Waals surface area contributed by atoms with Crippen LogP contribution in [0.4, 0.5) is 16.4 Å². The average molecular weight is 440 g/mol. The molecule has 8 nitrogen and oxygen atoms in total. The Balaban J connectivity index is 1.21. The van der Waals surface area contributed by atoms with Gasteiger partial charge in [-0.05, 0) is 38.0 Å². The number of nitrogens with one attached hydrogen (secondary N) is 3. The Kier molecular flexibility index (Phi) is 4.36. The highest BCUT2D eigenvalue weighted by Crippen LogP contribution is 2.44. The highest BCUT2D eigenvalue weighted by molar-refractivity contribution is 5.90. The SMILES string of the molecule is CC1(C)c2[nH]nc(Nc3ncnc4ccccc34)c2CN1C(=O)N[C@@H]1CC1c1ccccc1. The molecule has 6 rings (SSSR count). The Labute approximate surface area is 191 Å². The summed E-state index contributed by atoms with van der Waals surface area (Å²) in [6.45, 7) is 4.56. The van der Waals surface area contributed by atoms with Crippen LogP contribution >= 0.6 is 0 Å². The van der Waals surface area contributed by atoms with Gasteiger partial charge >= 0.3 is 6.03 Å². The first kappa shape index (κ1) is 19.7. The summed E-state index contributed by atoms with van der Waals surface area (Å²) in [5.74, 6) is 1.77. The zero-order chi connectivity index (χ0) is 22.6. The van der Waals surface area contributed by atoms with Crippen LogP contribution in [0.25, 0.3) is 10.9 Å². The van der Waals surface area contributed by atoms with E-state index in [1.54, 1.807) is 6.33 Å². The van der Waals surface area contributed by atoms with E-state index in [0.717, 1.165) is 28.6 Å². The zero-order valence-electron chi connectivity index (χ0n) is 18.5. The first-order valence-corrected chi connectivity index (χ1v) is 11.2. The molecule has 8 heteroatoms. The minimum atomic E-state index is -0.503. The lowest BCUT2D eigenvalue weighted by Crippen LogP contribution is -2.47. The third kappa shape index (κ3) is 3.29. The van der Waals surface area contributed by atoms with Crippen molar-refractivity contribution in [1.82, 2.24) is 30.4 Å². The molecule has 166 valence electrons. The van der Waals surface area contributed by atoms with Crippen molar-refractivity contribution in [3.8, 4) is 0 Å². The fourth-order valence-corrected chi connectivity index (χ4v) is 4.82. The largest absolute Gasteiger partial charge is 0.335 e. The molecule has 2 aromatic heterocycles. The number of amides is 2. The molecule has 4 aromatic rings. The average Bonchev–Trinajstić information content (AvgIpc) is 3.38. The van der Waals surface area contributed by atoms with Gasteiger partial charge in [-0.25, -0.2) is 14.8 Å². The van der Waals surface area contributed by atoms with E-state index in [4.69, 9.17) is 0 Å². The van der Waals surface area contributed by atoms with Crippen LogP contribution in [-0.2, 0) is 12.1 Å². The lowest BCUT2D eigenvalue weighted by Gasteiger charge is -2.32. The molecule has 2 atom stereocenters. The van der Waals surface area contributed by atoms with E-state index < -0.39 is 5.54 Å². The van der Waals surface area contributed by atoms with Crippen molar-refractivity contribution in [1.29, 1.82) is 0 Å². The van der Waals surface area contributed by atoms with E-state index in [2.05, 4.69) is 42.9 Å². The highest BCUT2D eigenvalue weighted by Gasteiger charge is 2.46. The number of aromatic nitrogens is 4. The maximum atomic E-state index is 13.2. The molecular formula is C25H25N7O. The molecule has 33 heavy (non-hydrogen) atoms. The number of carbonyl (C=O) groups excluding carboxylic acids is 1. The molecule has 2 aromatic carbocycles. The van der Waals surface area contributed by atoms with Gasteiger partial charge in [0, 0.05) is 22.9 Å². The summed E-state index contributed by atoms with van der Waals surface area (Å²) in [4.78, 5) is 23.8. The summed E-state index contributed by atoms with van der Waals surface area (Å²) in [6.07, 6.45) is 2.52. The molecule has 2 aliphatic rings. The van der Waals surface area contributed by atoms with E-state index >= 15 is 0 Å². The monoisotopic (exact) mass is 439 g/mol. The molecule has 1 aliphatic carbocycles. The fourth-order valence-electron chi connectivity index (χ4n) is 4.82. The minimum Gasteiger partial charge on any atom is -0.335 e. The van der Waals surface area contributed by atoms with Gasteiger partial charge in [0.1, 0.15) is 12.1 Å². The number of fused-ring (bicyclic) bond motifs is 2. The van der Waals surface area contributed by atoms with E-state index in [1.165, 1.54) is 5.56 Å². The number of hydrogen-bond acceptors (Lipinski definition) is 5. The van der Waals surface area contributed by atoms with Crippen LogP contribution in [0, 0.1) is 0 Å². The second kappa shape index (κ2) is 7.30. The van der Waals surface area contributed by atoms with Crippen LogP contribution in [0.5, 0.6) is 0 Å². The summed E-state index contributed by atoms with van der Waals surface area (Å²) in [5.41, 5.74) is 3.56. The Morgan fingerprint density at radius 3 is 2.70 bits per heavy atom. The van der Waals surface area contributed by atoms with Gasteiger partial charge in [-0.1, -0.05) is 42.5 Å². The van der Waals surface area contributed by atoms with E-state index in [0.29, 0.717) is 24.1 Å². The topological polar surface area (TPSA) is 98.8 Å². The highest BCUT2D eigenvalue weighted by atomic mass is 16.2. The predicted octanol–water partition coefficient (Wildman–Crippen LogP) is 4.41. The molecule has 1 saturated carbocycles. The van der Waals surface area contributed by atoms with E-state index in [-0.39, 0.29) is 12.1 Å². The summed E-state index contributed by atoms with van der Waals surface area (Å²) < 4.78 is 0. The van der Waals surface area contributed by atoms with Gasteiger partial charge in [0.05, 0.1) is 23.3 Å². The lowest BCUT2D eigenvalue weighted by molar-refractivity contribution is 0.142. The summed E-state index contributed by atoms with van der Waals surface area (Å²) in [6, 6.07) is 18.3. The zero-order valence-corrected chi connectivity index (χ0v) is 18.5. The van der Waals surface area contributed by atoms with Crippen molar-refractivity contribution in [3.05, 3.63) is 77.7 Å². The van der Waals surface area contributed by atoms with Gasteiger partial charge in [-0.15, -0.1) is 0 Å². The quantitative estimate of drug-likeness (QED) is 0.437. The van der Waals surface area contributed by atoms with Crippen LogP contribution in [-0.4, -0.2) is 37.1 Å².